The molecule has 0 aromatic heterocycles. The van der Waals surface area contributed by atoms with Gasteiger partial charge in [0.25, 0.3) is 5.91 Å². The number of benzene rings is 3. The number of nitrogens with one attached hydrogen (secondary N) is 2. The fourth-order valence-electron chi connectivity index (χ4n) is 3.12. The number of amides is 1. The zero-order valence-electron chi connectivity index (χ0n) is 16.2. The van der Waals surface area contributed by atoms with Crippen LogP contribution in [0.25, 0.3) is 21.9 Å². The molecule has 0 saturated carbocycles. The first-order valence-electron chi connectivity index (χ1n) is 9.05. The van der Waals surface area contributed by atoms with Crippen molar-refractivity contribution in [2.75, 3.05) is 11.0 Å². The van der Waals surface area contributed by atoms with Crippen LogP contribution < -0.4 is 10.0 Å². The molecule has 152 valence electrons. The zero-order chi connectivity index (χ0) is 21.2. The van der Waals surface area contributed by atoms with E-state index in [0.717, 1.165) is 34.2 Å². The van der Waals surface area contributed by atoms with Crippen LogP contribution in [-0.4, -0.2) is 18.2 Å². The third-order valence-corrected chi connectivity index (χ3v) is 4.86. The van der Waals surface area contributed by atoms with E-state index < -0.39 is 11.7 Å². The van der Waals surface area contributed by atoms with Gasteiger partial charge >= 0.3 is 6.18 Å². The number of anilines is 1. The lowest BCUT2D eigenvalue weighted by Gasteiger charge is -2.15. The van der Waals surface area contributed by atoms with Crippen molar-refractivity contribution in [2.24, 2.45) is 0 Å². The van der Waals surface area contributed by atoms with Gasteiger partial charge in [0.05, 0.1) is 11.3 Å². The molecule has 1 amide bonds. The van der Waals surface area contributed by atoms with Crippen molar-refractivity contribution in [3.05, 3.63) is 65.7 Å². The number of carbonyl (C=O) groups is 1. The molecule has 0 bridgehead atoms. The van der Waals surface area contributed by atoms with Crippen molar-refractivity contribution >= 4 is 34.3 Å². The molecule has 0 aliphatic rings. The van der Waals surface area contributed by atoms with Gasteiger partial charge in [0, 0.05) is 23.2 Å². The van der Waals surface area contributed by atoms with Crippen LogP contribution in [0.1, 0.15) is 29.8 Å². The Kier molecular flexibility index (Phi) is 6.07. The zero-order valence-corrected chi connectivity index (χ0v) is 17.0. The van der Waals surface area contributed by atoms with E-state index in [2.05, 4.69) is 10.0 Å². The van der Waals surface area contributed by atoms with E-state index in [-0.39, 0.29) is 11.9 Å². The van der Waals surface area contributed by atoms with Crippen molar-refractivity contribution in [1.82, 2.24) is 5.32 Å². The van der Waals surface area contributed by atoms with Crippen LogP contribution in [0.3, 0.4) is 0 Å². The normalized spacial score (nSPS) is 11.7. The Morgan fingerprint density at radius 2 is 1.66 bits per heavy atom. The van der Waals surface area contributed by atoms with Crippen LogP contribution in [0.4, 0.5) is 18.9 Å². The first-order valence-corrected chi connectivity index (χ1v) is 10.3. The summed E-state index contributed by atoms with van der Waals surface area (Å²) in [6, 6.07) is 14.2. The quantitative estimate of drug-likeness (QED) is 0.474. The Morgan fingerprint density at radius 1 is 0.966 bits per heavy atom. The molecule has 0 atom stereocenters. The maximum Gasteiger partial charge on any atom is 0.416 e. The van der Waals surface area contributed by atoms with Crippen molar-refractivity contribution < 1.29 is 18.0 Å². The smallest absolute Gasteiger partial charge is 0.350 e. The van der Waals surface area contributed by atoms with E-state index in [1.807, 2.05) is 38.3 Å². The standard InChI is InChI=1S/C22H21F3N2OS/c1-13(2)26-21(28)15-6-9-18-17(10-11-20(27-29-3)19(18)12-15)14-4-7-16(8-5-14)22(23,24)25/h4-13,27H,1-3H3,(H,26,28). The van der Waals surface area contributed by atoms with Crippen molar-refractivity contribution in [2.45, 2.75) is 26.1 Å². The number of halogens is 3. The fraction of sp³-hybridized carbons (Fsp3) is 0.227. The third-order valence-electron chi connectivity index (χ3n) is 4.43. The monoisotopic (exact) mass is 418 g/mol. The minimum atomic E-state index is -4.37. The van der Waals surface area contributed by atoms with Gasteiger partial charge in [0.15, 0.2) is 0 Å². The summed E-state index contributed by atoms with van der Waals surface area (Å²) in [6.07, 6.45) is -2.48. The number of alkyl halides is 3. The highest BCUT2D eigenvalue weighted by atomic mass is 32.2. The lowest BCUT2D eigenvalue weighted by Crippen LogP contribution is -2.29. The molecule has 0 aliphatic carbocycles. The Balaban J connectivity index is 2.11. The van der Waals surface area contributed by atoms with E-state index in [1.54, 1.807) is 12.1 Å². The molecule has 7 heteroatoms. The van der Waals surface area contributed by atoms with Gasteiger partial charge in [0.1, 0.15) is 0 Å². The van der Waals surface area contributed by atoms with E-state index in [9.17, 15) is 18.0 Å². The summed E-state index contributed by atoms with van der Waals surface area (Å²) in [5.41, 5.74) is 2.16. The molecular weight excluding hydrogens is 397 g/mol. The van der Waals surface area contributed by atoms with Crippen molar-refractivity contribution in [3.8, 4) is 11.1 Å². The second-order valence-corrected chi connectivity index (χ2v) is 7.54. The molecule has 0 saturated heterocycles. The molecule has 29 heavy (non-hydrogen) atoms. The highest BCUT2D eigenvalue weighted by molar-refractivity contribution is 7.99. The Morgan fingerprint density at radius 3 is 2.24 bits per heavy atom. The summed E-state index contributed by atoms with van der Waals surface area (Å²) >= 11 is 1.43. The molecule has 0 aliphatic heterocycles. The van der Waals surface area contributed by atoms with Crippen LogP contribution in [0.15, 0.2) is 54.6 Å². The summed E-state index contributed by atoms with van der Waals surface area (Å²) in [7, 11) is 0. The summed E-state index contributed by atoms with van der Waals surface area (Å²) in [4.78, 5) is 12.4. The summed E-state index contributed by atoms with van der Waals surface area (Å²) in [5.74, 6) is -0.170. The number of carbonyl (C=O) groups excluding carboxylic acids is 1. The molecule has 0 fully saturated rings. The van der Waals surface area contributed by atoms with Crippen LogP contribution in [0.2, 0.25) is 0 Å². The molecule has 0 spiro atoms. The van der Waals surface area contributed by atoms with Crippen LogP contribution >= 0.6 is 11.9 Å². The maximum absolute atomic E-state index is 12.9. The first-order chi connectivity index (χ1) is 13.7. The molecule has 3 nitrogen and oxygen atoms in total. The van der Waals surface area contributed by atoms with Gasteiger partial charge < -0.3 is 10.0 Å². The SMILES string of the molecule is CSNc1ccc(-c2ccc(C(F)(F)F)cc2)c2ccc(C(=O)NC(C)C)cc12. The fourth-order valence-corrected chi connectivity index (χ4v) is 3.52. The molecule has 0 radical (unpaired) electrons. The average molecular weight is 418 g/mol. The summed E-state index contributed by atoms with van der Waals surface area (Å²) < 4.78 is 41.8. The van der Waals surface area contributed by atoms with Gasteiger partial charge in [-0.2, -0.15) is 13.2 Å². The highest BCUT2D eigenvalue weighted by Gasteiger charge is 2.30. The molecule has 3 rings (SSSR count). The first kappa shape index (κ1) is 21.0. The van der Waals surface area contributed by atoms with Crippen LogP contribution in [0, 0.1) is 0 Å². The molecule has 3 aromatic rings. The molecule has 3 aromatic carbocycles. The van der Waals surface area contributed by atoms with E-state index in [1.165, 1.54) is 24.1 Å². The predicted molar refractivity (Wildman–Crippen MR) is 114 cm³/mol. The predicted octanol–water partition coefficient (Wildman–Crippen LogP) is 6.35. The van der Waals surface area contributed by atoms with Gasteiger partial charge in [-0.15, -0.1) is 0 Å². The lowest BCUT2D eigenvalue weighted by molar-refractivity contribution is -0.137. The van der Waals surface area contributed by atoms with Gasteiger partial charge in [-0.1, -0.05) is 36.2 Å². The second-order valence-electron chi connectivity index (χ2n) is 6.93. The second kappa shape index (κ2) is 8.37. The lowest BCUT2D eigenvalue weighted by atomic mass is 9.95. The van der Waals surface area contributed by atoms with Gasteiger partial charge in [-0.05, 0) is 60.7 Å². The number of fused-ring (bicyclic) bond motifs is 1. The topological polar surface area (TPSA) is 41.1 Å². The Labute approximate surface area is 171 Å². The Hall–Kier alpha value is -2.67. The minimum Gasteiger partial charge on any atom is -0.350 e. The molecule has 0 heterocycles. The van der Waals surface area contributed by atoms with E-state index in [0.29, 0.717) is 11.1 Å². The van der Waals surface area contributed by atoms with E-state index in [4.69, 9.17) is 0 Å². The van der Waals surface area contributed by atoms with Crippen LogP contribution in [-0.2, 0) is 6.18 Å². The molecule has 2 N–H and O–H groups in total. The molecular formula is C22H21F3N2OS. The Bertz CT molecular complexity index is 1030. The number of rotatable bonds is 5. The summed E-state index contributed by atoms with van der Waals surface area (Å²) in [6.45, 7) is 3.78. The number of hydrogen-bond donors (Lipinski definition) is 2. The van der Waals surface area contributed by atoms with Crippen LogP contribution in [0.5, 0.6) is 0 Å². The maximum atomic E-state index is 12.9. The number of hydrogen-bond acceptors (Lipinski definition) is 3. The minimum absolute atomic E-state index is 0.0143. The van der Waals surface area contributed by atoms with Crippen molar-refractivity contribution in [1.29, 1.82) is 0 Å². The summed E-state index contributed by atoms with van der Waals surface area (Å²) in [5, 5.41) is 4.55. The van der Waals surface area contributed by atoms with Gasteiger partial charge in [-0.25, -0.2) is 0 Å². The average Bonchev–Trinajstić information content (AvgIpc) is 2.67. The van der Waals surface area contributed by atoms with Gasteiger partial charge in [0.2, 0.25) is 0 Å². The van der Waals surface area contributed by atoms with E-state index >= 15 is 0 Å². The van der Waals surface area contributed by atoms with Gasteiger partial charge in [-0.3, -0.25) is 4.79 Å². The highest BCUT2D eigenvalue weighted by Crippen LogP contribution is 2.36. The third kappa shape index (κ3) is 4.67. The van der Waals surface area contributed by atoms with Crippen molar-refractivity contribution in [3.63, 3.8) is 0 Å². The molecule has 0 unspecified atom stereocenters. The largest absolute Gasteiger partial charge is 0.416 e.